The van der Waals surface area contributed by atoms with Crippen LogP contribution >= 0.6 is 0 Å². The number of nitrogens with one attached hydrogen (secondary N) is 2. The van der Waals surface area contributed by atoms with E-state index in [1.165, 1.54) is 0 Å². The van der Waals surface area contributed by atoms with Crippen LogP contribution in [0.2, 0.25) is 0 Å². The molecule has 1 aromatic rings. The van der Waals surface area contributed by atoms with E-state index in [0.717, 1.165) is 24.9 Å². The molecule has 2 N–H and O–H groups in total. The van der Waals surface area contributed by atoms with Crippen molar-refractivity contribution in [2.24, 2.45) is 0 Å². The molecular weight excluding hydrogens is 218 g/mol. The molecule has 5 heteroatoms. The number of ether oxygens (including phenoxy) is 1. The number of rotatable bonds is 4. The Morgan fingerprint density at radius 1 is 1.65 bits per heavy atom. The fourth-order valence-electron chi connectivity index (χ4n) is 1.86. The van der Waals surface area contributed by atoms with E-state index in [-0.39, 0.29) is 11.9 Å². The highest BCUT2D eigenvalue weighted by molar-refractivity contribution is 5.81. The summed E-state index contributed by atoms with van der Waals surface area (Å²) in [6, 6.07) is 3.66. The Bertz CT molecular complexity index is 372. The first-order valence-corrected chi connectivity index (χ1v) is 5.79. The molecule has 0 aromatic carbocycles. The minimum absolute atomic E-state index is 0.0267. The second-order valence-electron chi connectivity index (χ2n) is 4.08. The molecule has 0 aliphatic carbocycles. The van der Waals surface area contributed by atoms with Crippen LogP contribution in [-0.4, -0.2) is 30.6 Å². The Kier molecular flexibility index (Phi) is 3.93. The minimum Gasteiger partial charge on any atom is -0.481 e. The van der Waals surface area contributed by atoms with Crippen LogP contribution < -0.4 is 15.4 Å². The molecule has 0 radical (unpaired) electrons. The Balaban J connectivity index is 1.82. The molecule has 1 aromatic heterocycles. The summed E-state index contributed by atoms with van der Waals surface area (Å²) in [5.74, 6) is 0.649. The zero-order valence-corrected chi connectivity index (χ0v) is 9.90. The van der Waals surface area contributed by atoms with Gasteiger partial charge in [-0.15, -0.1) is 0 Å². The zero-order chi connectivity index (χ0) is 12.1. The molecule has 92 valence electrons. The first-order chi connectivity index (χ1) is 8.29. The van der Waals surface area contributed by atoms with Gasteiger partial charge < -0.3 is 15.4 Å². The number of nitrogens with zero attached hydrogens (tertiary/aromatic N) is 1. The molecule has 2 heterocycles. The lowest BCUT2D eigenvalue weighted by Gasteiger charge is -2.10. The van der Waals surface area contributed by atoms with E-state index in [9.17, 15) is 4.79 Å². The summed E-state index contributed by atoms with van der Waals surface area (Å²) < 4.78 is 4.97. The standard InChI is InChI=1S/C12H17N3O2/c1-17-11-5-4-9(7-14-11)8-15-12(16)10-3-2-6-13-10/h4-5,7,10,13H,2-3,6,8H2,1H3,(H,15,16). The third-order valence-corrected chi connectivity index (χ3v) is 2.85. The largest absolute Gasteiger partial charge is 0.481 e. The number of carbonyl (C=O) groups is 1. The number of pyridine rings is 1. The highest BCUT2D eigenvalue weighted by Gasteiger charge is 2.21. The van der Waals surface area contributed by atoms with Gasteiger partial charge in [-0.3, -0.25) is 4.79 Å². The predicted octanol–water partition coefficient (Wildman–Crippen LogP) is 0.458. The fraction of sp³-hybridized carbons (Fsp3) is 0.500. The summed E-state index contributed by atoms with van der Waals surface area (Å²) in [6.07, 6.45) is 3.70. The quantitative estimate of drug-likeness (QED) is 0.795. The third kappa shape index (κ3) is 3.17. The summed E-state index contributed by atoms with van der Waals surface area (Å²) in [6.45, 7) is 1.44. The molecule has 1 fully saturated rings. The highest BCUT2D eigenvalue weighted by atomic mass is 16.5. The Morgan fingerprint density at radius 2 is 2.53 bits per heavy atom. The minimum atomic E-state index is -0.0267. The fourth-order valence-corrected chi connectivity index (χ4v) is 1.86. The van der Waals surface area contributed by atoms with Gasteiger partial charge in [0, 0.05) is 18.8 Å². The molecule has 0 bridgehead atoms. The predicted molar refractivity (Wildman–Crippen MR) is 63.7 cm³/mol. The lowest BCUT2D eigenvalue weighted by Crippen LogP contribution is -2.40. The third-order valence-electron chi connectivity index (χ3n) is 2.85. The van der Waals surface area contributed by atoms with Crippen molar-refractivity contribution in [2.45, 2.75) is 25.4 Å². The van der Waals surface area contributed by atoms with Gasteiger partial charge in [-0.05, 0) is 24.9 Å². The van der Waals surface area contributed by atoms with Crippen LogP contribution in [0.3, 0.4) is 0 Å². The van der Waals surface area contributed by atoms with Gasteiger partial charge >= 0.3 is 0 Å². The van der Waals surface area contributed by atoms with E-state index in [4.69, 9.17) is 4.74 Å². The average molecular weight is 235 g/mol. The molecule has 1 aliphatic rings. The van der Waals surface area contributed by atoms with Crippen LogP contribution in [0.15, 0.2) is 18.3 Å². The van der Waals surface area contributed by atoms with Gasteiger partial charge in [-0.1, -0.05) is 6.07 Å². The zero-order valence-electron chi connectivity index (χ0n) is 9.90. The smallest absolute Gasteiger partial charge is 0.237 e. The summed E-state index contributed by atoms with van der Waals surface area (Å²) in [5.41, 5.74) is 0.970. The molecule has 1 saturated heterocycles. The number of aromatic nitrogens is 1. The van der Waals surface area contributed by atoms with Crippen molar-refractivity contribution in [3.05, 3.63) is 23.9 Å². The Hall–Kier alpha value is -1.62. The van der Waals surface area contributed by atoms with Crippen molar-refractivity contribution in [3.63, 3.8) is 0 Å². The topological polar surface area (TPSA) is 63.2 Å². The summed E-state index contributed by atoms with van der Waals surface area (Å²) in [7, 11) is 1.58. The van der Waals surface area contributed by atoms with Crippen molar-refractivity contribution in [1.82, 2.24) is 15.6 Å². The van der Waals surface area contributed by atoms with E-state index in [0.29, 0.717) is 12.4 Å². The monoisotopic (exact) mass is 235 g/mol. The molecule has 1 aliphatic heterocycles. The summed E-state index contributed by atoms with van der Waals surface area (Å²) in [5, 5.41) is 6.06. The van der Waals surface area contributed by atoms with Gasteiger partial charge in [-0.2, -0.15) is 0 Å². The molecule has 2 rings (SSSR count). The average Bonchev–Trinajstić information content (AvgIpc) is 2.90. The molecule has 17 heavy (non-hydrogen) atoms. The van der Waals surface area contributed by atoms with Crippen molar-refractivity contribution < 1.29 is 9.53 Å². The number of carbonyl (C=O) groups excluding carboxylic acids is 1. The molecule has 1 amide bonds. The van der Waals surface area contributed by atoms with E-state index in [2.05, 4.69) is 15.6 Å². The van der Waals surface area contributed by atoms with E-state index in [1.54, 1.807) is 19.4 Å². The van der Waals surface area contributed by atoms with Gasteiger partial charge in [0.25, 0.3) is 0 Å². The van der Waals surface area contributed by atoms with Gasteiger partial charge in [0.1, 0.15) is 0 Å². The molecular formula is C12H17N3O2. The van der Waals surface area contributed by atoms with Gasteiger partial charge in [0.15, 0.2) is 0 Å². The van der Waals surface area contributed by atoms with Gasteiger partial charge in [0.2, 0.25) is 11.8 Å². The lowest BCUT2D eigenvalue weighted by atomic mass is 10.2. The lowest BCUT2D eigenvalue weighted by molar-refractivity contribution is -0.122. The van der Waals surface area contributed by atoms with Gasteiger partial charge in [0.05, 0.1) is 13.2 Å². The van der Waals surface area contributed by atoms with Crippen LogP contribution in [-0.2, 0) is 11.3 Å². The number of methoxy groups -OCH3 is 1. The Morgan fingerprint density at radius 3 is 3.12 bits per heavy atom. The number of amides is 1. The van der Waals surface area contributed by atoms with Crippen LogP contribution in [0.4, 0.5) is 0 Å². The van der Waals surface area contributed by atoms with Crippen molar-refractivity contribution >= 4 is 5.91 Å². The second-order valence-corrected chi connectivity index (χ2v) is 4.08. The SMILES string of the molecule is COc1ccc(CNC(=O)C2CCCN2)cn1. The number of hydrogen-bond donors (Lipinski definition) is 2. The van der Waals surface area contributed by atoms with Crippen LogP contribution in [0.25, 0.3) is 0 Å². The van der Waals surface area contributed by atoms with Crippen LogP contribution in [0, 0.1) is 0 Å². The van der Waals surface area contributed by atoms with Crippen molar-refractivity contribution in [2.75, 3.05) is 13.7 Å². The maximum Gasteiger partial charge on any atom is 0.237 e. The maximum atomic E-state index is 11.7. The summed E-state index contributed by atoms with van der Waals surface area (Å²) in [4.78, 5) is 15.8. The molecule has 0 spiro atoms. The van der Waals surface area contributed by atoms with E-state index >= 15 is 0 Å². The molecule has 1 unspecified atom stereocenters. The number of hydrogen-bond acceptors (Lipinski definition) is 4. The van der Waals surface area contributed by atoms with Gasteiger partial charge in [-0.25, -0.2) is 4.98 Å². The van der Waals surface area contributed by atoms with Crippen molar-refractivity contribution in [3.8, 4) is 5.88 Å². The first kappa shape index (κ1) is 11.9. The summed E-state index contributed by atoms with van der Waals surface area (Å²) >= 11 is 0. The van der Waals surface area contributed by atoms with Crippen LogP contribution in [0.5, 0.6) is 5.88 Å². The highest BCUT2D eigenvalue weighted by Crippen LogP contribution is 2.07. The normalized spacial score (nSPS) is 19.0. The van der Waals surface area contributed by atoms with E-state index < -0.39 is 0 Å². The van der Waals surface area contributed by atoms with Crippen molar-refractivity contribution in [1.29, 1.82) is 0 Å². The molecule has 5 nitrogen and oxygen atoms in total. The maximum absolute atomic E-state index is 11.7. The first-order valence-electron chi connectivity index (χ1n) is 5.79. The molecule has 1 atom stereocenters. The second kappa shape index (κ2) is 5.63. The Labute approximate surface area is 101 Å². The van der Waals surface area contributed by atoms with E-state index in [1.807, 2.05) is 6.07 Å². The molecule has 0 saturated carbocycles. The van der Waals surface area contributed by atoms with Crippen LogP contribution in [0.1, 0.15) is 18.4 Å².